The first-order valence-corrected chi connectivity index (χ1v) is 12.0. The molecule has 0 saturated carbocycles. The number of pyridine rings is 1. The molecule has 0 aliphatic carbocycles. The SMILES string of the molecule is Cc1ccc(-c2cc(-c3cccc(NC(=O)CCN)c3)c(C#N)c(NC(=O)c3cccs3)n2)c(O)c1.Cl. The van der Waals surface area contributed by atoms with Crippen LogP contribution in [0, 0.1) is 18.3 Å². The van der Waals surface area contributed by atoms with E-state index >= 15 is 0 Å². The third-order valence-corrected chi connectivity index (χ3v) is 6.23. The van der Waals surface area contributed by atoms with Crippen molar-refractivity contribution in [2.75, 3.05) is 17.2 Å². The normalized spacial score (nSPS) is 10.2. The zero-order valence-corrected chi connectivity index (χ0v) is 21.5. The molecule has 2 amide bonds. The van der Waals surface area contributed by atoms with Gasteiger partial charge in [0.15, 0.2) is 5.82 Å². The molecule has 37 heavy (non-hydrogen) atoms. The number of rotatable bonds is 7. The number of aromatic nitrogens is 1. The smallest absolute Gasteiger partial charge is 0.266 e. The molecule has 0 unspecified atom stereocenters. The van der Waals surface area contributed by atoms with Crippen LogP contribution >= 0.6 is 23.7 Å². The van der Waals surface area contributed by atoms with Gasteiger partial charge in [0.05, 0.1) is 10.6 Å². The third kappa shape index (κ3) is 6.32. The maximum atomic E-state index is 12.8. The number of benzene rings is 2. The standard InChI is InChI=1S/C27H23N5O3S.ClH/c1-16-7-8-19(23(33)12-16)22-14-20(17-4-2-5-18(13-17)30-25(34)9-10-28)21(15-29)26(31-22)32-27(35)24-6-3-11-36-24;/h2-8,11-14,33H,9-10,28H2,1H3,(H,30,34)(H,31,32,35);1H. The zero-order chi connectivity index (χ0) is 25.7. The highest BCUT2D eigenvalue weighted by Gasteiger charge is 2.20. The monoisotopic (exact) mass is 533 g/mol. The van der Waals surface area contributed by atoms with Crippen molar-refractivity contribution in [1.82, 2.24) is 4.98 Å². The number of phenolic OH excluding ortho intramolecular Hbond substituents is 1. The van der Waals surface area contributed by atoms with Gasteiger partial charge in [0, 0.05) is 29.8 Å². The molecule has 4 aromatic rings. The van der Waals surface area contributed by atoms with Crippen LogP contribution in [0.3, 0.4) is 0 Å². The summed E-state index contributed by atoms with van der Waals surface area (Å²) in [4.78, 5) is 29.9. The number of aromatic hydroxyl groups is 1. The molecule has 0 spiro atoms. The van der Waals surface area contributed by atoms with Gasteiger partial charge in [-0.05, 0) is 59.8 Å². The van der Waals surface area contributed by atoms with E-state index in [9.17, 15) is 20.0 Å². The van der Waals surface area contributed by atoms with Crippen LogP contribution in [0.5, 0.6) is 5.75 Å². The van der Waals surface area contributed by atoms with Crippen LogP contribution in [-0.4, -0.2) is 28.4 Å². The van der Waals surface area contributed by atoms with Crippen molar-refractivity contribution in [1.29, 1.82) is 5.26 Å². The summed E-state index contributed by atoms with van der Waals surface area (Å²) in [5, 5.41) is 28.0. The molecule has 2 aromatic heterocycles. The predicted octanol–water partition coefficient (Wildman–Crippen LogP) is 5.32. The topological polar surface area (TPSA) is 141 Å². The van der Waals surface area contributed by atoms with E-state index in [-0.39, 0.29) is 48.4 Å². The molecular weight excluding hydrogens is 510 g/mol. The first-order chi connectivity index (χ1) is 17.4. The van der Waals surface area contributed by atoms with Crippen LogP contribution in [-0.2, 0) is 4.79 Å². The molecule has 0 aliphatic rings. The molecule has 0 bridgehead atoms. The van der Waals surface area contributed by atoms with E-state index in [1.807, 2.05) is 13.0 Å². The van der Waals surface area contributed by atoms with Crippen LogP contribution in [0.4, 0.5) is 11.5 Å². The Labute approximate surface area is 224 Å². The minimum atomic E-state index is -0.395. The molecule has 0 radical (unpaired) electrons. The Morgan fingerprint density at radius 2 is 1.89 bits per heavy atom. The Kier molecular flexibility index (Phi) is 8.98. The van der Waals surface area contributed by atoms with Crippen LogP contribution in [0.1, 0.15) is 27.2 Å². The van der Waals surface area contributed by atoms with Crippen molar-refractivity contribution in [3.8, 4) is 34.2 Å². The number of halogens is 1. The summed E-state index contributed by atoms with van der Waals surface area (Å²) in [6, 6.07) is 19.5. The molecule has 0 fully saturated rings. The number of nitrogens with zero attached hydrogens (tertiary/aromatic N) is 2. The van der Waals surface area contributed by atoms with Gasteiger partial charge in [-0.3, -0.25) is 9.59 Å². The van der Waals surface area contributed by atoms with Crippen LogP contribution in [0.25, 0.3) is 22.4 Å². The van der Waals surface area contributed by atoms with Crippen molar-refractivity contribution in [2.24, 2.45) is 5.73 Å². The summed E-state index contributed by atoms with van der Waals surface area (Å²) in [6.07, 6.45) is 0.179. The van der Waals surface area contributed by atoms with Gasteiger partial charge in [-0.15, -0.1) is 23.7 Å². The number of nitrogens with two attached hydrogens (primary N) is 1. The van der Waals surface area contributed by atoms with Crippen molar-refractivity contribution in [3.05, 3.63) is 82.0 Å². The number of carbonyl (C=O) groups excluding carboxylic acids is 2. The van der Waals surface area contributed by atoms with Crippen molar-refractivity contribution in [2.45, 2.75) is 13.3 Å². The zero-order valence-electron chi connectivity index (χ0n) is 19.8. The second-order valence-electron chi connectivity index (χ2n) is 8.01. The van der Waals surface area contributed by atoms with Crippen molar-refractivity contribution in [3.63, 3.8) is 0 Å². The summed E-state index contributed by atoms with van der Waals surface area (Å²) in [5.74, 6) is -0.524. The molecule has 8 nitrogen and oxygen atoms in total. The van der Waals surface area contributed by atoms with Gasteiger partial charge in [0.25, 0.3) is 5.91 Å². The van der Waals surface area contributed by atoms with E-state index in [2.05, 4.69) is 21.7 Å². The number of thiophene rings is 1. The number of hydrogen-bond acceptors (Lipinski definition) is 7. The Morgan fingerprint density at radius 3 is 2.57 bits per heavy atom. The number of nitrogens with one attached hydrogen (secondary N) is 2. The van der Waals surface area contributed by atoms with Gasteiger partial charge >= 0.3 is 0 Å². The number of phenols is 1. The fourth-order valence-electron chi connectivity index (χ4n) is 3.67. The summed E-state index contributed by atoms with van der Waals surface area (Å²) >= 11 is 1.27. The number of amides is 2. The highest BCUT2D eigenvalue weighted by atomic mass is 35.5. The average Bonchev–Trinajstić information content (AvgIpc) is 3.39. The van der Waals surface area contributed by atoms with E-state index in [4.69, 9.17) is 5.73 Å². The number of aryl methyl sites for hydroxylation is 1. The lowest BCUT2D eigenvalue weighted by Gasteiger charge is -2.15. The number of carbonyl (C=O) groups is 2. The van der Waals surface area contributed by atoms with Gasteiger partial charge in [-0.2, -0.15) is 5.26 Å². The minimum Gasteiger partial charge on any atom is -0.507 e. The first kappa shape index (κ1) is 27.4. The Balaban J connectivity index is 0.00000380. The highest BCUT2D eigenvalue weighted by Crippen LogP contribution is 2.36. The number of nitriles is 1. The summed E-state index contributed by atoms with van der Waals surface area (Å²) in [5.41, 5.74) is 8.97. The van der Waals surface area contributed by atoms with Crippen molar-refractivity contribution >= 4 is 47.1 Å². The molecule has 4 rings (SSSR count). The second-order valence-corrected chi connectivity index (χ2v) is 8.96. The van der Waals surface area contributed by atoms with E-state index < -0.39 is 5.91 Å². The number of hydrogen-bond donors (Lipinski definition) is 4. The van der Waals surface area contributed by atoms with Crippen LogP contribution in [0.15, 0.2) is 66.0 Å². The molecule has 2 aromatic carbocycles. The van der Waals surface area contributed by atoms with E-state index in [1.54, 1.807) is 60.0 Å². The molecule has 0 saturated heterocycles. The van der Waals surface area contributed by atoms with Gasteiger partial charge < -0.3 is 21.5 Å². The van der Waals surface area contributed by atoms with E-state index in [1.165, 1.54) is 11.3 Å². The lowest BCUT2D eigenvalue weighted by molar-refractivity contribution is -0.116. The largest absolute Gasteiger partial charge is 0.507 e. The first-order valence-electron chi connectivity index (χ1n) is 11.1. The molecule has 188 valence electrons. The Morgan fingerprint density at radius 1 is 1.08 bits per heavy atom. The van der Waals surface area contributed by atoms with Gasteiger partial charge in [0.2, 0.25) is 5.91 Å². The van der Waals surface area contributed by atoms with Crippen molar-refractivity contribution < 1.29 is 14.7 Å². The molecule has 0 aliphatic heterocycles. The highest BCUT2D eigenvalue weighted by molar-refractivity contribution is 7.12. The fraction of sp³-hybridized carbons (Fsp3) is 0.111. The Hall–Kier alpha value is -4.23. The van der Waals surface area contributed by atoms with E-state index in [0.29, 0.717) is 32.9 Å². The quantitative estimate of drug-likeness (QED) is 0.253. The lowest BCUT2D eigenvalue weighted by atomic mass is 9.97. The minimum absolute atomic E-state index is 0. The van der Waals surface area contributed by atoms with Crippen LogP contribution < -0.4 is 16.4 Å². The molecule has 5 N–H and O–H groups in total. The number of anilines is 2. The Bertz CT molecular complexity index is 1480. The molecular formula is C27H24ClN5O3S. The molecule has 10 heteroatoms. The van der Waals surface area contributed by atoms with Gasteiger partial charge in [0.1, 0.15) is 17.4 Å². The summed E-state index contributed by atoms with van der Waals surface area (Å²) < 4.78 is 0. The third-order valence-electron chi connectivity index (χ3n) is 5.37. The lowest BCUT2D eigenvalue weighted by Crippen LogP contribution is -2.16. The summed E-state index contributed by atoms with van der Waals surface area (Å²) in [6.45, 7) is 2.09. The van der Waals surface area contributed by atoms with E-state index in [0.717, 1.165) is 5.56 Å². The second kappa shape index (κ2) is 12.1. The van der Waals surface area contributed by atoms with Gasteiger partial charge in [-0.1, -0.05) is 24.3 Å². The summed E-state index contributed by atoms with van der Waals surface area (Å²) in [7, 11) is 0. The average molecular weight is 534 g/mol. The molecule has 0 atom stereocenters. The van der Waals surface area contributed by atoms with Crippen LogP contribution in [0.2, 0.25) is 0 Å². The van der Waals surface area contributed by atoms with Gasteiger partial charge in [-0.25, -0.2) is 4.98 Å². The maximum Gasteiger partial charge on any atom is 0.266 e. The predicted molar refractivity (Wildman–Crippen MR) is 148 cm³/mol. The fourth-order valence-corrected chi connectivity index (χ4v) is 4.29. The molecule has 2 heterocycles. The maximum absolute atomic E-state index is 12.8.